The van der Waals surface area contributed by atoms with Crippen LogP contribution in [0.1, 0.15) is 35.4 Å². The number of benzene rings is 2. The topological polar surface area (TPSA) is 67.8 Å². The Kier molecular flexibility index (Phi) is 7.06. The van der Waals surface area contributed by atoms with Crippen LogP contribution >= 0.6 is 0 Å². The Hall–Kier alpha value is -2.74. The van der Waals surface area contributed by atoms with Gasteiger partial charge in [0, 0.05) is 11.1 Å². The molecule has 2 atom stereocenters. The van der Waals surface area contributed by atoms with E-state index in [4.69, 9.17) is 4.74 Å². The number of aliphatic hydroxyl groups excluding tert-OH is 1. The first-order valence-electron chi connectivity index (χ1n) is 8.23. The monoisotopic (exact) mass is 383 g/mol. The van der Waals surface area contributed by atoms with Gasteiger partial charge >= 0.3 is 6.61 Å². The maximum atomic E-state index is 13.9. The van der Waals surface area contributed by atoms with Crippen LogP contribution in [0.4, 0.5) is 13.2 Å². The second kappa shape index (κ2) is 9.27. The van der Waals surface area contributed by atoms with Crippen LogP contribution in [-0.2, 0) is 0 Å². The van der Waals surface area contributed by atoms with Crippen LogP contribution in [0.2, 0.25) is 0 Å². The molecule has 0 aromatic heterocycles. The molecule has 2 rings (SSSR count). The zero-order valence-corrected chi connectivity index (χ0v) is 14.8. The van der Waals surface area contributed by atoms with Gasteiger partial charge in [-0.3, -0.25) is 4.79 Å². The molecular weight excluding hydrogens is 363 g/mol. The van der Waals surface area contributed by atoms with Crippen LogP contribution in [-0.4, -0.2) is 30.8 Å². The molecular formula is C19H20F3NO4. The number of ether oxygens (including phenoxy) is 2. The zero-order chi connectivity index (χ0) is 20.0. The smallest absolute Gasteiger partial charge is 0.387 e. The number of hydrogen-bond donors (Lipinski definition) is 2. The van der Waals surface area contributed by atoms with Gasteiger partial charge in [0.05, 0.1) is 13.2 Å². The molecule has 2 aromatic rings. The average molecular weight is 383 g/mol. The minimum Gasteiger partial charge on any atom is -0.493 e. The Morgan fingerprint density at radius 2 is 1.89 bits per heavy atom. The number of nitrogens with one attached hydrogen (secondary N) is 1. The summed E-state index contributed by atoms with van der Waals surface area (Å²) in [6.07, 6.45) is -0.951. The summed E-state index contributed by atoms with van der Waals surface area (Å²) in [6, 6.07) is 8.73. The van der Waals surface area contributed by atoms with Crippen LogP contribution in [0.15, 0.2) is 42.5 Å². The normalized spacial score (nSPS) is 13.1. The lowest BCUT2D eigenvalue weighted by atomic mass is 9.99. The predicted octanol–water partition coefficient (Wildman–Crippen LogP) is 3.68. The summed E-state index contributed by atoms with van der Waals surface area (Å²) in [5, 5.41) is 13.0. The van der Waals surface area contributed by atoms with E-state index in [9.17, 15) is 23.1 Å². The molecule has 2 N–H and O–H groups in total. The molecule has 0 saturated heterocycles. The molecule has 27 heavy (non-hydrogen) atoms. The van der Waals surface area contributed by atoms with Crippen molar-refractivity contribution in [1.82, 2.24) is 5.32 Å². The maximum Gasteiger partial charge on any atom is 0.387 e. The quantitative estimate of drug-likeness (QED) is 0.730. The van der Waals surface area contributed by atoms with Crippen molar-refractivity contribution >= 4 is 5.91 Å². The van der Waals surface area contributed by atoms with E-state index in [-0.39, 0.29) is 22.6 Å². The number of carbonyl (C=O) groups is 1. The second-order valence-electron chi connectivity index (χ2n) is 5.70. The van der Waals surface area contributed by atoms with E-state index in [2.05, 4.69) is 10.1 Å². The molecule has 0 bridgehead atoms. The number of amides is 1. The first kappa shape index (κ1) is 20.6. The van der Waals surface area contributed by atoms with Crippen molar-refractivity contribution in [3.63, 3.8) is 0 Å². The van der Waals surface area contributed by atoms with Gasteiger partial charge in [-0.1, -0.05) is 25.1 Å². The Labute approximate surface area is 154 Å². The highest BCUT2D eigenvalue weighted by Crippen LogP contribution is 2.30. The van der Waals surface area contributed by atoms with Gasteiger partial charge in [0.1, 0.15) is 11.9 Å². The van der Waals surface area contributed by atoms with E-state index in [1.165, 1.54) is 37.4 Å². The van der Waals surface area contributed by atoms with Crippen LogP contribution in [0.25, 0.3) is 0 Å². The minimum atomic E-state index is -3.08. The highest BCUT2D eigenvalue weighted by atomic mass is 19.3. The van der Waals surface area contributed by atoms with Crippen molar-refractivity contribution in [1.29, 1.82) is 0 Å². The number of carbonyl (C=O) groups excluding carboxylic acids is 1. The Balaban J connectivity index is 2.20. The molecule has 0 aliphatic rings. The van der Waals surface area contributed by atoms with Gasteiger partial charge in [-0.15, -0.1) is 0 Å². The third kappa shape index (κ3) is 5.13. The fourth-order valence-corrected chi connectivity index (χ4v) is 2.59. The first-order valence-corrected chi connectivity index (χ1v) is 8.23. The summed E-state index contributed by atoms with van der Waals surface area (Å²) < 4.78 is 48.2. The van der Waals surface area contributed by atoms with Crippen molar-refractivity contribution in [2.75, 3.05) is 7.11 Å². The van der Waals surface area contributed by atoms with E-state index in [0.717, 1.165) is 6.07 Å². The highest BCUT2D eigenvalue weighted by molar-refractivity contribution is 5.95. The number of aliphatic hydroxyl groups is 1. The van der Waals surface area contributed by atoms with Gasteiger partial charge in [0.15, 0.2) is 11.5 Å². The van der Waals surface area contributed by atoms with E-state index >= 15 is 0 Å². The Morgan fingerprint density at radius 1 is 1.19 bits per heavy atom. The fourth-order valence-electron chi connectivity index (χ4n) is 2.59. The Morgan fingerprint density at radius 3 is 2.48 bits per heavy atom. The number of hydrogen-bond acceptors (Lipinski definition) is 4. The summed E-state index contributed by atoms with van der Waals surface area (Å²) >= 11 is 0. The number of methoxy groups -OCH3 is 1. The Bertz CT molecular complexity index is 785. The third-order valence-electron chi connectivity index (χ3n) is 4.00. The predicted molar refractivity (Wildman–Crippen MR) is 92.5 cm³/mol. The number of rotatable bonds is 8. The number of alkyl halides is 2. The summed E-state index contributed by atoms with van der Waals surface area (Å²) in [7, 11) is 1.28. The molecule has 0 aliphatic heterocycles. The first-order chi connectivity index (χ1) is 12.9. The van der Waals surface area contributed by atoms with Gasteiger partial charge in [0.2, 0.25) is 0 Å². The lowest BCUT2D eigenvalue weighted by molar-refractivity contribution is -0.0512. The summed E-state index contributed by atoms with van der Waals surface area (Å²) in [5.41, 5.74) is 0.0896. The van der Waals surface area contributed by atoms with Crippen molar-refractivity contribution in [3.8, 4) is 11.5 Å². The van der Waals surface area contributed by atoms with Crippen molar-refractivity contribution in [3.05, 3.63) is 59.4 Å². The van der Waals surface area contributed by atoms with Crippen molar-refractivity contribution in [2.24, 2.45) is 0 Å². The molecule has 5 nitrogen and oxygen atoms in total. The van der Waals surface area contributed by atoms with Gasteiger partial charge in [-0.05, 0) is 30.7 Å². The standard InChI is InChI=1S/C19H20F3NO4/c1-3-14(17(24)12-6-4-5-7-13(12)20)23-18(25)11-8-9-15(26-2)16(10-11)27-19(21)22/h4-10,14,17,19,24H,3H2,1-2H3,(H,23,25)/t14-,17+/m1/s1. The minimum absolute atomic E-state index is 0.0330. The molecule has 2 aromatic carbocycles. The average Bonchev–Trinajstić information content (AvgIpc) is 2.65. The third-order valence-corrected chi connectivity index (χ3v) is 4.00. The maximum absolute atomic E-state index is 13.9. The molecule has 0 heterocycles. The SMILES string of the molecule is CC[C@@H](NC(=O)c1ccc(OC)c(OC(F)F)c1)[C@@H](O)c1ccccc1F. The summed E-state index contributed by atoms with van der Waals surface area (Å²) in [4.78, 5) is 12.5. The van der Waals surface area contributed by atoms with E-state index in [0.29, 0.717) is 6.42 Å². The van der Waals surface area contributed by atoms with Crippen molar-refractivity contribution < 1.29 is 32.5 Å². The van der Waals surface area contributed by atoms with Crippen LogP contribution in [0.3, 0.4) is 0 Å². The summed E-state index contributed by atoms with van der Waals surface area (Å²) in [5.74, 6) is -1.46. The van der Waals surface area contributed by atoms with E-state index < -0.39 is 30.5 Å². The lowest BCUT2D eigenvalue weighted by Gasteiger charge is -2.24. The molecule has 0 spiro atoms. The molecule has 1 amide bonds. The molecule has 0 saturated carbocycles. The highest BCUT2D eigenvalue weighted by Gasteiger charge is 2.24. The summed E-state index contributed by atoms with van der Waals surface area (Å²) in [6.45, 7) is -1.36. The molecule has 0 radical (unpaired) electrons. The molecule has 0 unspecified atom stereocenters. The zero-order valence-electron chi connectivity index (χ0n) is 14.8. The van der Waals surface area contributed by atoms with Gasteiger partial charge in [-0.25, -0.2) is 4.39 Å². The van der Waals surface area contributed by atoms with Gasteiger partial charge in [-0.2, -0.15) is 8.78 Å². The van der Waals surface area contributed by atoms with Gasteiger partial charge in [0.25, 0.3) is 5.91 Å². The van der Waals surface area contributed by atoms with E-state index in [1.807, 2.05) is 0 Å². The van der Waals surface area contributed by atoms with Crippen molar-refractivity contribution in [2.45, 2.75) is 32.1 Å². The molecule has 0 aliphatic carbocycles. The number of halogens is 3. The molecule has 146 valence electrons. The van der Waals surface area contributed by atoms with E-state index in [1.54, 1.807) is 13.0 Å². The molecule has 0 fully saturated rings. The van der Waals surface area contributed by atoms with Crippen LogP contribution in [0, 0.1) is 5.82 Å². The fraction of sp³-hybridized carbons (Fsp3) is 0.316. The second-order valence-corrected chi connectivity index (χ2v) is 5.70. The van der Waals surface area contributed by atoms with Gasteiger partial charge < -0.3 is 19.9 Å². The molecule has 8 heteroatoms. The van der Waals surface area contributed by atoms with Crippen LogP contribution in [0.5, 0.6) is 11.5 Å². The largest absolute Gasteiger partial charge is 0.493 e. The van der Waals surface area contributed by atoms with Crippen LogP contribution < -0.4 is 14.8 Å². The lowest BCUT2D eigenvalue weighted by Crippen LogP contribution is -2.39.